The molecular formula is C17H20BrN3O2. The minimum absolute atomic E-state index is 0.252. The topological polar surface area (TPSA) is 58.2 Å². The van der Waals surface area contributed by atoms with Crippen LogP contribution >= 0.6 is 15.9 Å². The molecule has 1 N–H and O–H groups in total. The molecule has 0 aliphatic carbocycles. The Balaban J connectivity index is 1.77. The second kappa shape index (κ2) is 6.00. The molecule has 0 aromatic carbocycles. The van der Waals surface area contributed by atoms with Crippen LogP contribution in [-0.4, -0.2) is 39.7 Å². The number of carbonyl (C=O) groups excluding carboxylic acids is 1. The van der Waals surface area contributed by atoms with E-state index in [0.29, 0.717) is 13.1 Å². The highest BCUT2D eigenvalue weighted by atomic mass is 79.9. The van der Waals surface area contributed by atoms with Crippen LogP contribution in [0.2, 0.25) is 0 Å². The van der Waals surface area contributed by atoms with Crippen molar-refractivity contribution < 1.29 is 9.53 Å². The highest BCUT2D eigenvalue weighted by Gasteiger charge is 2.24. The Morgan fingerprint density at radius 2 is 2.22 bits per heavy atom. The molecule has 0 radical (unpaired) electrons. The Labute approximate surface area is 143 Å². The fraction of sp³-hybridized carbons (Fsp3) is 0.412. The SMILES string of the molecule is CC(C)(C)OC(=O)N1CC=C(c2c[nH]c3cc(Br)ncc23)CC1. The van der Waals surface area contributed by atoms with Gasteiger partial charge in [-0.25, -0.2) is 9.78 Å². The predicted octanol–water partition coefficient (Wildman–Crippen LogP) is 4.35. The molecule has 3 heterocycles. The van der Waals surface area contributed by atoms with E-state index in [2.05, 4.69) is 32.0 Å². The summed E-state index contributed by atoms with van der Waals surface area (Å²) in [5.74, 6) is 0. The van der Waals surface area contributed by atoms with E-state index in [1.165, 1.54) is 5.57 Å². The number of amides is 1. The standard InChI is InChI=1S/C17H20BrN3O2/c1-17(2,3)23-16(22)21-6-4-11(5-7-21)12-9-19-14-8-15(18)20-10-13(12)14/h4,8-10,19H,5-7H2,1-3H3. The van der Waals surface area contributed by atoms with Gasteiger partial charge in [-0.1, -0.05) is 6.08 Å². The molecule has 6 heteroatoms. The number of carbonyl (C=O) groups is 1. The van der Waals surface area contributed by atoms with E-state index in [4.69, 9.17) is 4.74 Å². The van der Waals surface area contributed by atoms with Crippen LogP contribution in [0.1, 0.15) is 32.8 Å². The number of aromatic amines is 1. The summed E-state index contributed by atoms with van der Waals surface area (Å²) in [6.07, 6.45) is 6.53. The van der Waals surface area contributed by atoms with Crippen LogP contribution in [0.4, 0.5) is 4.79 Å². The van der Waals surface area contributed by atoms with E-state index in [-0.39, 0.29) is 6.09 Å². The lowest BCUT2D eigenvalue weighted by Gasteiger charge is -2.29. The summed E-state index contributed by atoms with van der Waals surface area (Å²) in [4.78, 5) is 21.4. The molecule has 1 amide bonds. The van der Waals surface area contributed by atoms with Crippen LogP contribution in [0, 0.1) is 0 Å². The molecule has 5 nitrogen and oxygen atoms in total. The normalized spacial score (nSPS) is 15.7. The van der Waals surface area contributed by atoms with Gasteiger partial charge in [-0.05, 0) is 54.8 Å². The van der Waals surface area contributed by atoms with Crippen molar-refractivity contribution in [2.45, 2.75) is 32.8 Å². The summed E-state index contributed by atoms with van der Waals surface area (Å²) >= 11 is 3.38. The van der Waals surface area contributed by atoms with E-state index in [0.717, 1.165) is 27.5 Å². The lowest BCUT2D eigenvalue weighted by Crippen LogP contribution is -2.39. The van der Waals surface area contributed by atoms with Crippen molar-refractivity contribution in [3.8, 4) is 0 Å². The van der Waals surface area contributed by atoms with E-state index in [1.54, 1.807) is 4.90 Å². The predicted molar refractivity (Wildman–Crippen MR) is 94.2 cm³/mol. The number of nitrogens with zero attached hydrogens (tertiary/aromatic N) is 2. The van der Waals surface area contributed by atoms with Gasteiger partial charge in [0.1, 0.15) is 10.2 Å². The minimum Gasteiger partial charge on any atom is -0.444 e. The Morgan fingerprint density at radius 3 is 2.87 bits per heavy atom. The molecule has 0 fully saturated rings. The lowest BCUT2D eigenvalue weighted by molar-refractivity contribution is 0.0270. The molecule has 0 spiro atoms. The van der Waals surface area contributed by atoms with Crippen LogP contribution in [-0.2, 0) is 4.74 Å². The molecule has 0 unspecified atom stereocenters. The fourth-order valence-electron chi connectivity index (χ4n) is 2.66. The van der Waals surface area contributed by atoms with Gasteiger partial charge in [-0.3, -0.25) is 0 Å². The van der Waals surface area contributed by atoms with Gasteiger partial charge < -0.3 is 14.6 Å². The number of ether oxygens (including phenoxy) is 1. The number of fused-ring (bicyclic) bond motifs is 1. The number of pyridine rings is 1. The third kappa shape index (κ3) is 3.58. The molecule has 122 valence electrons. The zero-order valence-electron chi connectivity index (χ0n) is 13.5. The number of hydrogen-bond donors (Lipinski definition) is 1. The molecular weight excluding hydrogens is 358 g/mol. The molecule has 3 rings (SSSR count). The first kappa shape index (κ1) is 16.1. The van der Waals surface area contributed by atoms with Crippen LogP contribution in [0.3, 0.4) is 0 Å². The summed E-state index contributed by atoms with van der Waals surface area (Å²) in [6.45, 7) is 6.88. The largest absolute Gasteiger partial charge is 0.444 e. The zero-order valence-corrected chi connectivity index (χ0v) is 15.1. The Bertz CT molecular complexity index is 774. The van der Waals surface area contributed by atoms with Gasteiger partial charge in [0, 0.05) is 36.4 Å². The minimum atomic E-state index is -0.461. The number of H-pyrrole nitrogens is 1. The van der Waals surface area contributed by atoms with Gasteiger partial charge in [0.15, 0.2) is 0 Å². The smallest absolute Gasteiger partial charge is 0.410 e. The molecule has 1 aliphatic rings. The van der Waals surface area contributed by atoms with E-state index in [9.17, 15) is 4.79 Å². The third-order valence-electron chi connectivity index (χ3n) is 3.74. The van der Waals surface area contributed by atoms with Gasteiger partial charge in [-0.15, -0.1) is 0 Å². The van der Waals surface area contributed by atoms with Crippen molar-refractivity contribution in [3.05, 3.63) is 34.7 Å². The number of aromatic nitrogens is 2. The first-order chi connectivity index (χ1) is 10.8. The van der Waals surface area contributed by atoms with Crippen molar-refractivity contribution in [1.82, 2.24) is 14.9 Å². The molecule has 2 aromatic rings. The summed E-state index contributed by atoms with van der Waals surface area (Å²) < 4.78 is 6.24. The van der Waals surface area contributed by atoms with Gasteiger partial charge in [-0.2, -0.15) is 0 Å². The second-order valence-corrected chi connectivity index (χ2v) is 7.47. The average Bonchev–Trinajstić information content (AvgIpc) is 2.88. The maximum atomic E-state index is 12.1. The van der Waals surface area contributed by atoms with Gasteiger partial charge >= 0.3 is 6.09 Å². The van der Waals surface area contributed by atoms with Gasteiger partial charge in [0.2, 0.25) is 0 Å². The summed E-state index contributed by atoms with van der Waals surface area (Å²) in [7, 11) is 0. The van der Waals surface area contributed by atoms with Crippen LogP contribution in [0.25, 0.3) is 16.5 Å². The highest BCUT2D eigenvalue weighted by molar-refractivity contribution is 9.10. The number of rotatable bonds is 1. The first-order valence-corrected chi connectivity index (χ1v) is 8.43. The molecule has 1 aliphatic heterocycles. The Morgan fingerprint density at radius 1 is 1.43 bits per heavy atom. The molecule has 2 aromatic heterocycles. The van der Waals surface area contributed by atoms with Crippen molar-refractivity contribution in [1.29, 1.82) is 0 Å². The second-order valence-electron chi connectivity index (χ2n) is 6.66. The Hall–Kier alpha value is -1.82. The quantitative estimate of drug-likeness (QED) is 0.751. The Kier molecular flexibility index (Phi) is 4.19. The number of hydrogen-bond acceptors (Lipinski definition) is 3. The van der Waals surface area contributed by atoms with Crippen molar-refractivity contribution >= 4 is 38.5 Å². The first-order valence-electron chi connectivity index (χ1n) is 7.63. The van der Waals surface area contributed by atoms with Crippen molar-refractivity contribution in [3.63, 3.8) is 0 Å². The van der Waals surface area contributed by atoms with E-state index in [1.807, 2.05) is 39.2 Å². The van der Waals surface area contributed by atoms with Crippen LogP contribution < -0.4 is 0 Å². The van der Waals surface area contributed by atoms with E-state index < -0.39 is 5.60 Å². The summed E-state index contributed by atoms with van der Waals surface area (Å²) in [5, 5.41) is 1.10. The molecule has 0 bridgehead atoms. The van der Waals surface area contributed by atoms with E-state index >= 15 is 0 Å². The molecule has 0 saturated heterocycles. The van der Waals surface area contributed by atoms with Gasteiger partial charge in [0.05, 0.1) is 5.52 Å². The number of nitrogens with one attached hydrogen (secondary N) is 1. The molecule has 23 heavy (non-hydrogen) atoms. The average molecular weight is 378 g/mol. The maximum absolute atomic E-state index is 12.1. The number of halogens is 1. The molecule has 0 atom stereocenters. The lowest BCUT2D eigenvalue weighted by atomic mass is 10.00. The van der Waals surface area contributed by atoms with Crippen LogP contribution in [0.15, 0.2) is 29.1 Å². The summed E-state index contributed by atoms with van der Waals surface area (Å²) in [5.41, 5.74) is 2.98. The molecule has 0 saturated carbocycles. The zero-order chi connectivity index (χ0) is 16.6. The monoisotopic (exact) mass is 377 g/mol. The van der Waals surface area contributed by atoms with Crippen LogP contribution in [0.5, 0.6) is 0 Å². The fourth-order valence-corrected chi connectivity index (χ4v) is 2.99. The maximum Gasteiger partial charge on any atom is 0.410 e. The van der Waals surface area contributed by atoms with Gasteiger partial charge in [0.25, 0.3) is 0 Å². The third-order valence-corrected chi connectivity index (χ3v) is 4.17. The van der Waals surface area contributed by atoms with Crippen molar-refractivity contribution in [2.75, 3.05) is 13.1 Å². The van der Waals surface area contributed by atoms with Crippen molar-refractivity contribution in [2.24, 2.45) is 0 Å². The summed E-state index contributed by atoms with van der Waals surface area (Å²) in [6, 6.07) is 1.97. The highest BCUT2D eigenvalue weighted by Crippen LogP contribution is 2.30.